The SMILES string of the molecule is NC(=O)c1cc(N)cnc1Nc1cc(Cl)cc(Cl)c1. The third-order valence-corrected chi connectivity index (χ3v) is 2.74. The van der Waals surface area contributed by atoms with E-state index in [1.165, 1.54) is 12.3 Å². The maximum Gasteiger partial charge on any atom is 0.252 e. The number of amides is 1. The van der Waals surface area contributed by atoms with Gasteiger partial charge >= 0.3 is 0 Å². The van der Waals surface area contributed by atoms with E-state index < -0.39 is 5.91 Å². The van der Waals surface area contributed by atoms with Gasteiger partial charge in [-0.05, 0) is 24.3 Å². The molecule has 0 aliphatic heterocycles. The number of nitrogens with two attached hydrogens (primary N) is 2. The quantitative estimate of drug-likeness (QED) is 0.812. The number of benzene rings is 1. The van der Waals surface area contributed by atoms with Crippen molar-refractivity contribution in [3.05, 3.63) is 46.1 Å². The molecule has 0 atom stereocenters. The summed E-state index contributed by atoms with van der Waals surface area (Å²) in [6.07, 6.45) is 1.42. The van der Waals surface area contributed by atoms with Crippen molar-refractivity contribution >= 4 is 46.3 Å². The molecule has 2 aromatic rings. The third kappa shape index (κ3) is 3.27. The zero-order valence-corrected chi connectivity index (χ0v) is 11.2. The molecule has 98 valence electrons. The van der Waals surface area contributed by atoms with Gasteiger partial charge in [0.1, 0.15) is 5.82 Å². The highest BCUT2D eigenvalue weighted by atomic mass is 35.5. The molecular weight excluding hydrogens is 287 g/mol. The lowest BCUT2D eigenvalue weighted by Gasteiger charge is -2.10. The molecule has 1 heterocycles. The van der Waals surface area contributed by atoms with Gasteiger partial charge in [0.05, 0.1) is 17.4 Å². The Morgan fingerprint density at radius 3 is 2.37 bits per heavy atom. The minimum atomic E-state index is -0.629. The zero-order chi connectivity index (χ0) is 14.0. The van der Waals surface area contributed by atoms with Crippen LogP contribution in [0.1, 0.15) is 10.4 Å². The maximum absolute atomic E-state index is 11.3. The van der Waals surface area contributed by atoms with Crippen molar-refractivity contribution in [2.75, 3.05) is 11.1 Å². The number of rotatable bonds is 3. The van der Waals surface area contributed by atoms with Crippen molar-refractivity contribution < 1.29 is 4.79 Å². The summed E-state index contributed by atoms with van der Waals surface area (Å²) < 4.78 is 0. The lowest BCUT2D eigenvalue weighted by Crippen LogP contribution is -2.14. The van der Waals surface area contributed by atoms with Crippen molar-refractivity contribution in [3.63, 3.8) is 0 Å². The van der Waals surface area contributed by atoms with Crippen LogP contribution in [0, 0.1) is 0 Å². The van der Waals surface area contributed by atoms with Gasteiger partial charge in [0.25, 0.3) is 5.91 Å². The van der Waals surface area contributed by atoms with E-state index in [0.717, 1.165) is 0 Å². The molecule has 0 fully saturated rings. The summed E-state index contributed by atoms with van der Waals surface area (Å²) in [5.41, 5.74) is 12.0. The molecule has 5 nitrogen and oxygen atoms in total. The van der Waals surface area contributed by atoms with Gasteiger partial charge in [0.15, 0.2) is 0 Å². The molecule has 0 aliphatic carbocycles. The molecule has 0 saturated heterocycles. The first-order valence-corrected chi connectivity index (χ1v) is 6.00. The van der Waals surface area contributed by atoms with Gasteiger partial charge in [-0.2, -0.15) is 0 Å². The summed E-state index contributed by atoms with van der Waals surface area (Å²) in [7, 11) is 0. The smallest absolute Gasteiger partial charge is 0.252 e. The van der Waals surface area contributed by atoms with Crippen LogP contribution in [-0.2, 0) is 0 Å². The van der Waals surface area contributed by atoms with E-state index in [2.05, 4.69) is 10.3 Å². The Kier molecular flexibility index (Phi) is 3.78. The standard InChI is InChI=1S/C12H10Cl2N4O/c13-6-1-7(14)3-9(2-6)18-12-10(11(16)19)4-8(15)5-17-12/h1-5H,15H2,(H2,16,19)(H,17,18). The molecule has 7 heteroatoms. The number of nitrogen functional groups attached to an aromatic ring is 1. The molecule has 0 radical (unpaired) electrons. The topological polar surface area (TPSA) is 94.0 Å². The molecule has 2 rings (SSSR count). The summed E-state index contributed by atoms with van der Waals surface area (Å²) in [6.45, 7) is 0. The molecule has 0 unspecified atom stereocenters. The van der Waals surface area contributed by atoms with Crippen LogP contribution in [0.4, 0.5) is 17.2 Å². The van der Waals surface area contributed by atoms with Crippen LogP contribution in [0.5, 0.6) is 0 Å². The molecular formula is C12H10Cl2N4O. The van der Waals surface area contributed by atoms with Crippen LogP contribution >= 0.6 is 23.2 Å². The molecule has 0 spiro atoms. The number of anilines is 3. The average molecular weight is 297 g/mol. The number of carbonyl (C=O) groups is 1. The lowest BCUT2D eigenvalue weighted by molar-refractivity contribution is 0.100. The predicted molar refractivity (Wildman–Crippen MR) is 76.9 cm³/mol. The second kappa shape index (κ2) is 5.34. The second-order valence-electron chi connectivity index (χ2n) is 3.81. The van der Waals surface area contributed by atoms with E-state index in [4.69, 9.17) is 34.7 Å². The molecule has 1 amide bonds. The van der Waals surface area contributed by atoms with Gasteiger partial charge < -0.3 is 16.8 Å². The molecule has 0 bridgehead atoms. The van der Waals surface area contributed by atoms with Gasteiger partial charge in [0.2, 0.25) is 0 Å². The maximum atomic E-state index is 11.3. The Morgan fingerprint density at radius 2 is 1.79 bits per heavy atom. The second-order valence-corrected chi connectivity index (χ2v) is 4.69. The first-order chi connectivity index (χ1) is 8.95. The van der Waals surface area contributed by atoms with Crippen LogP contribution in [0.25, 0.3) is 0 Å². The largest absolute Gasteiger partial charge is 0.397 e. The Hall–Kier alpha value is -1.98. The van der Waals surface area contributed by atoms with E-state index in [-0.39, 0.29) is 5.56 Å². The average Bonchev–Trinajstić information content (AvgIpc) is 2.30. The van der Waals surface area contributed by atoms with Crippen molar-refractivity contribution in [1.82, 2.24) is 4.98 Å². The number of hydrogen-bond acceptors (Lipinski definition) is 4. The Balaban J connectivity index is 2.40. The van der Waals surface area contributed by atoms with Gasteiger partial charge in [-0.15, -0.1) is 0 Å². The number of carbonyl (C=O) groups excluding carboxylic acids is 1. The normalized spacial score (nSPS) is 10.2. The van der Waals surface area contributed by atoms with Gasteiger partial charge in [0, 0.05) is 15.7 Å². The monoisotopic (exact) mass is 296 g/mol. The van der Waals surface area contributed by atoms with Crippen LogP contribution in [0.15, 0.2) is 30.5 Å². The first kappa shape index (κ1) is 13.5. The van der Waals surface area contributed by atoms with E-state index in [1.807, 2.05) is 0 Å². The van der Waals surface area contributed by atoms with E-state index in [0.29, 0.717) is 27.2 Å². The number of nitrogens with one attached hydrogen (secondary N) is 1. The van der Waals surface area contributed by atoms with E-state index >= 15 is 0 Å². The fraction of sp³-hybridized carbons (Fsp3) is 0. The highest BCUT2D eigenvalue weighted by molar-refractivity contribution is 6.35. The summed E-state index contributed by atoms with van der Waals surface area (Å²) >= 11 is 11.8. The fourth-order valence-corrected chi connectivity index (χ4v) is 2.06. The Bertz CT molecular complexity index is 625. The summed E-state index contributed by atoms with van der Waals surface area (Å²) in [4.78, 5) is 15.4. The molecule has 0 saturated carbocycles. The molecule has 0 aliphatic rings. The third-order valence-electron chi connectivity index (χ3n) is 2.30. The highest BCUT2D eigenvalue weighted by Crippen LogP contribution is 2.26. The number of nitrogens with zero attached hydrogens (tertiary/aromatic N) is 1. The summed E-state index contributed by atoms with van der Waals surface area (Å²) in [6, 6.07) is 6.34. The minimum absolute atomic E-state index is 0.191. The van der Waals surface area contributed by atoms with Crippen molar-refractivity contribution in [1.29, 1.82) is 0 Å². The van der Waals surface area contributed by atoms with Crippen LogP contribution < -0.4 is 16.8 Å². The van der Waals surface area contributed by atoms with Crippen molar-refractivity contribution in [2.45, 2.75) is 0 Å². The van der Waals surface area contributed by atoms with Gasteiger partial charge in [-0.25, -0.2) is 4.98 Å². The van der Waals surface area contributed by atoms with Crippen molar-refractivity contribution in [3.8, 4) is 0 Å². The predicted octanol–water partition coefficient (Wildman–Crippen LogP) is 2.81. The van der Waals surface area contributed by atoms with Crippen LogP contribution in [0.3, 0.4) is 0 Å². The number of primary amides is 1. The number of aromatic nitrogens is 1. The highest BCUT2D eigenvalue weighted by Gasteiger charge is 2.11. The zero-order valence-electron chi connectivity index (χ0n) is 9.65. The molecule has 1 aromatic carbocycles. The Morgan fingerprint density at radius 1 is 1.16 bits per heavy atom. The minimum Gasteiger partial charge on any atom is -0.397 e. The fourth-order valence-electron chi connectivity index (χ4n) is 1.53. The Labute approximate surface area is 119 Å². The molecule has 19 heavy (non-hydrogen) atoms. The van der Waals surface area contributed by atoms with Gasteiger partial charge in [-0.3, -0.25) is 4.79 Å². The summed E-state index contributed by atoms with van der Waals surface area (Å²) in [5, 5.41) is 3.85. The van der Waals surface area contributed by atoms with E-state index in [9.17, 15) is 4.79 Å². The number of pyridine rings is 1. The van der Waals surface area contributed by atoms with E-state index in [1.54, 1.807) is 18.2 Å². The van der Waals surface area contributed by atoms with Crippen LogP contribution in [-0.4, -0.2) is 10.9 Å². The first-order valence-electron chi connectivity index (χ1n) is 5.24. The molecule has 5 N–H and O–H groups in total. The van der Waals surface area contributed by atoms with Crippen LogP contribution in [0.2, 0.25) is 10.0 Å². The number of halogens is 2. The molecule has 1 aromatic heterocycles. The van der Waals surface area contributed by atoms with Gasteiger partial charge in [-0.1, -0.05) is 23.2 Å². The lowest BCUT2D eigenvalue weighted by atomic mass is 10.2. The van der Waals surface area contributed by atoms with Crippen molar-refractivity contribution in [2.24, 2.45) is 5.73 Å². The number of hydrogen-bond donors (Lipinski definition) is 3. The summed E-state index contributed by atoms with van der Waals surface area (Å²) in [5.74, 6) is -0.338.